The molecule has 1 saturated heterocycles. The number of fused-ring (bicyclic) bond motifs is 1. The van der Waals surface area contributed by atoms with Crippen molar-refractivity contribution in [1.29, 1.82) is 0 Å². The van der Waals surface area contributed by atoms with Crippen molar-refractivity contribution in [2.45, 2.75) is 43.4 Å². The average molecular weight is 446 g/mol. The van der Waals surface area contributed by atoms with Gasteiger partial charge in [-0.2, -0.15) is 0 Å². The number of rotatable bonds is 6. The van der Waals surface area contributed by atoms with Crippen molar-refractivity contribution in [3.8, 4) is 5.75 Å². The smallest absolute Gasteiger partial charge is 0.324 e. The van der Waals surface area contributed by atoms with Gasteiger partial charge in [-0.3, -0.25) is 14.4 Å². The van der Waals surface area contributed by atoms with Crippen molar-refractivity contribution in [1.82, 2.24) is 5.32 Å². The molecular formula is C22H27FN4O5. The van der Waals surface area contributed by atoms with E-state index in [1.54, 1.807) is 6.07 Å². The second kappa shape index (κ2) is 7.06. The molecule has 0 bridgehead atoms. The highest BCUT2D eigenvalue weighted by atomic mass is 19.1. The number of hydrogen-bond donors (Lipinski definition) is 3. The molecule has 1 amide bonds. The van der Waals surface area contributed by atoms with Crippen LogP contribution >= 0.6 is 0 Å². The lowest BCUT2D eigenvalue weighted by atomic mass is 9.88. The third-order valence-electron chi connectivity index (χ3n) is 7.56. The van der Waals surface area contributed by atoms with Crippen LogP contribution in [0.1, 0.15) is 36.0 Å². The predicted octanol–water partition coefficient (Wildman–Crippen LogP) is 1.20. The van der Waals surface area contributed by atoms with E-state index in [9.17, 15) is 23.9 Å². The van der Waals surface area contributed by atoms with Crippen LogP contribution in [0.3, 0.4) is 0 Å². The molecule has 0 aromatic heterocycles. The zero-order valence-corrected chi connectivity index (χ0v) is 18.1. The van der Waals surface area contributed by atoms with Gasteiger partial charge >= 0.3 is 5.97 Å². The average Bonchev–Trinajstić information content (AvgIpc) is 3.64. The molecule has 2 aliphatic heterocycles. The van der Waals surface area contributed by atoms with Gasteiger partial charge in [0.1, 0.15) is 11.9 Å². The number of aliphatic carboxylic acids is 1. The van der Waals surface area contributed by atoms with E-state index >= 15 is 0 Å². The molecule has 3 fully saturated rings. The van der Waals surface area contributed by atoms with Gasteiger partial charge in [-0.25, -0.2) is 4.39 Å². The highest BCUT2D eigenvalue weighted by molar-refractivity contribution is 6.32. The second-order valence-corrected chi connectivity index (χ2v) is 9.24. The fourth-order valence-corrected chi connectivity index (χ4v) is 5.48. The first-order valence-electron chi connectivity index (χ1n) is 10.9. The summed E-state index contributed by atoms with van der Waals surface area (Å²) < 4.78 is 19.8. The van der Waals surface area contributed by atoms with Gasteiger partial charge in [0.15, 0.2) is 17.5 Å². The Bertz CT molecular complexity index is 1030. The van der Waals surface area contributed by atoms with Gasteiger partial charge in [0, 0.05) is 30.7 Å². The lowest BCUT2D eigenvalue weighted by Gasteiger charge is -2.35. The van der Waals surface area contributed by atoms with Crippen molar-refractivity contribution in [2.24, 2.45) is 11.8 Å². The number of carboxylic acid groups (broad SMARTS) is 1. The number of halogens is 1. The summed E-state index contributed by atoms with van der Waals surface area (Å²) in [6.07, 6.45) is 2.01. The van der Waals surface area contributed by atoms with E-state index < -0.39 is 35.8 Å². The Kier molecular flexibility index (Phi) is 4.63. The molecule has 2 saturated carbocycles. The number of nitrogen functional groups attached to an aromatic ring is 1. The molecule has 5 rings (SSSR count). The lowest BCUT2D eigenvalue weighted by molar-refractivity contribution is -0.144. The Morgan fingerprint density at radius 1 is 1.38 bits per heavy atom. The van der Waals surface area contributed by atoms with Gasteiger partial charge in [-0.15, -0.1) is 0 Å². The normalized spacial score (nSPS) is 30.3. The number of Topliss-reactive ketones (excluding diaryl/α,β-unsaturated/α-hetero) is 1. The summed E-state index contributed by atoms with van der Waals surface area (Å²) in [4.78, 5) is 41.0. The van der Waals surface area contributed by atoms with Gasteiger partial charge in [0.25, 0.3) is 0 Å². The Morgan fingerprint density at radius 3 is 2.59 bits per heavy atom. The molecule has 1 aromatic rings. The number of methoxy groups -OCH3 is 1. The SMILES string of the molecule is CNC1([C@@H]2CCN(c3cc(N)c4c(c3OC)N([C@@H]3C[C@@H]3F)C(=O)C(C(=O)O)C4=O)C2)CC1. The summed E-state index contributed by atoms with van der Waals surface area (Å²) in [6, 6.07) is 0.786. The first-order chi connectivity index (χ1) is 15.2. The molecule has 0 radical (unpaired) electrons. The standard InChI is InChI=1S/C22H27FN4O5/c1-25-22(4-5-22)10-3-6-26(9-10)14-8-12(24)15-17(19(14)32-2)27(13-7-11(13)23)20(29)16(18(15)28)21(30)31/h8,10-11,13,16,25H,3-7,9,24H2,1-2H3,(H,30,31)/t10-,11+,13-,16?/m1/s1. The molecule has 1 aromatic carbocycles. The number of anilines is 3. The van der Waals surface area contributed by atoms with Crippen molar-refractivity contribution < 1.29 is 28.6 Å². The Balaban J connectivity index is 1.62. The summed E-state index contributed by atoms with van der Waals surface area (Å²) in [7, 11) is 3.40. The quantitative estimate of drug-likeness (QED) is 0.440. The monoisotopic (exact) mass is 446 g/mol. The molecule has 1 unspecified atom stereocenters. The fourth-order valence-electron chi connectivity index (χ4n) is 5.48. The van der Waals surface area contributed by atoms with Crippen LogP contribution in [0.15, 0.2) is 6.07 Å². The van der Waals surface area contributed by atoms with Crippen LogP contribution in [0.25, 0.3) is 0 Å². The van der Waals surface area contributed by atoms with Crippen molar-refractivity contribution in [3.05, 3.63) is 11.6 Å². The maximum atomic E-state index is 14.1. The molecule has 2 aliphatic carbocycles. The number of carbonyl (C=O) groups excluding carboxylic acids is 2. The van der Waals surface area contributed by atoms with Gasteiger partial charge < -0.3 is 30.7 Å². The highest BCUT2D eigenvalue weighted by Crippen LogP contribution is 2.53. The van der Waals surface area contributed by atoms with E-state index in [1.807, 2.05) is 7.05 Å². The van der Waals surface area contributed by atoms with Crippen LogP contribution in [0, 0.1) is 11.8 Å². The maximum Gasteiger partial charge on any atom is 0.324 e. The minimum Gasteiger partial charge on any atom is -0.492 e. The van der Waals surface area contributed by atoms with Gasteiger partial charge in [-0.1, -0.05) is 0 Å². The summed E-state index contributed by atoms with van der Waals surface area (Å²) in [5, 5.41) is 13.0. The number of nitrogens with zero attached hydrogens (tertiary/aromatic N) is 2. The van der Waals surface area contributed by atoms with E-state index in [-0.39, 0.29) is 34.6 Å². The summed E-state index contributed by atoms with van der Waals surface area (Å²) in [5.41, 5.74) is 7.13. The lowest BCUT2D eigenvalue weighted by Crippen LogP contribution is -2.50. The molecule has 4 atom stereocenters. The van der Waals surface area contributed by atoms with Crippen LogP contribution in [-0.4, -0.2) is 67.8 Å². The maximum absolute atomic E-state index is 14.1. The number of nitrogens with one attached hydrogen (secondary N) is 1. The third-order valence-corrected chi connectivity index (χ3v) is 7.56. The van der Waals surface area contributed by atoms with Crippen LogP contribution in [-0.2, 0) is 9.59 Å². The number of carbonyl (C=O) groups is 3. The highest BCUT2D eigenvalue weighted by Gasteiger charge is 2.56. The molecule has 9 nitrogen and oxygen atoms in total. The second-order valence-electron chi connectivity index (χ2n) is 9.24. The number of benzene rings is 1. The predicted molar refractivity (Wildman–Crippen MR) is 115 cm³/mol. The summed E-state index contributed by atoms with van der Waals surface area (Å²) >= 11 is 0. The molecule has 32 heavy (non-hydrogen) atoms. The van der Waals surface area contributed by atoms with Gasteiger partial charge in [-0.05, 0) is 38.3 Å². The van der Waals surface area contributed by atoms with Crippen LogP contribution in [0.4, 0.5) is 21.5 Å². The Labute approximate surface area is 184 Å². The molecule has 4 aliphatic rings. The number of amides is 1. The van der Waals surface area contributed by atoms with Crippen LogP contribution < -0.4 is 25.6 Å². The van der Waals surface area contributed by atoms with Crippen molar-refractivity contribution in [3.63, 3.8) is 0 Å². The molecule has 4 N–H and O–H groups in total. The zero-order valence-electron chi connectivity index (χ0n) is 18.1. The number of nitrogens with two attached hydrogens (primary N) is 1. The van der Waals surface area contributed by atoms with Crippen molar-refractivity contribution in [2.75, 3.05) is 42.8 Å². The molecule has 172 valence electrons. The number of ether oxygens (including phenoxy) is 1. The number of hydrogen-bond acceptors (Lipinski definition) is 7. The topological polar surface area (TPSA) is 125 Å². The minimum absolute atomic E-state index is 0.0683. The molecular weight excluding hydrogens is 419 g/mol. The first-order valence-corrected chi connectivity index (χ1v) is 10.9. The summed E-state index contributed by atoms with van der Waals surface area (Å²) in [5.74, 6) is -4.65. The van der Waals surface area contributed by atoms with E-state index in [4.69, 9.17) is 10.5 Å². The van der Waals surface area contributed by atoms with Crippen LogP contribution in [0.2, 0.25) is 0 Å². The van der Waals surface area contributed by atoms with E-state index in [1.165, 1.54) is 7.11 Å². The largest absolute Gasteiger partial charge is 0.492 e. The number of alkyl halides is 1. The minimum atomic E-state index is -1.94. The molecule has 10 heteroatoms. The zero-order chi connectivity index (χ0) is 22.9. The molecule has 2 heterocycles. The third kappa shape index (κ3) is 2.88. The van der Waals surface area contributed by atoms with Crippen LogP contribution in [0.5, 0.6) is 5.75 Å². The van der Waals surface area contributed by atoms with E-state index in [0.29, 0.717) is 11.6 Å². The van der Waals surface area contributed by atoms with Gasteiger partial charge in [0.05, 0.1) is 24.4 Å². The van der Waals surface area contributed by atoms with Gasteiger partial charge in [0.2, 0.25) is 5.91 Å². The first kappa shape index (κ1) is 21.0. The Morgan fingerprint density at radius 2 is 2.06 bits per heavy atom. The fraction of sp³-hybridized carbons (Fsp3) is 0.591. The molecule has 0 spiro atoms. The number of ketones is 1. The van der Waals surface area contributed by atoms with E-state index in [0.717, 1.165) is 37.3 Å². The summed E-state index contributed by atoms with van der Waals surface area (Å²) in [6.45, 7) is 1.50. The number of carboxylic acids is 1. The van der Waals surface area contributed by atoms with E-state index in [2.05, 4.69) is 10.2 Å². The van der Waals surface area contributed by atoms with Crippen molar-refractivity contribution >= 4 is 34.7 Å². The Hall–Kier alpha value is -2.88.